The van der Waals surface area contributed by atoms with Gasteiger partial charge in [-0.2, -0.15) is 0 Å². The summed E-state index contributed by atoms with van der Waals surface area (Å²) in [5, 5.41) is 16.4. The molecule has 8 heteroatoms. The van der Waals surface area contributed by atoms with Gasteiger partial charge in [-0.15, -0.1) is 0 Å². The summed E-state index contributed by atoms with van der Waals surface area (Å²) < 4.78 is 11.3. The summed E-state index contributed by atoms with van der Waals surface area (Å²) >= 11 is 0. The zero-order valence-electron chi connectivity index (χ0n) is 18.4. The van der Waals surface area contributed by atoms with Gasteiger partial charge >= 0.3 is 0 Å². The van der Waals surface area contributed by atoms with Gasteiger partial charge in [0.15, 0.2) is 5.82 Å². The van der Waals surface area contributed by atoms with Crippen molar-refractivity contribution in [2.24, 2.45) is 0 Å². The minimum atomic E-state index is -0.581. The van der Waals surface area contributed by atoms with Crippen LogP contribution in [0, 0.1) is 6.92 Å². The van der Waals surface area contributed by atoms with Crippen LogP contribution in [0.4, 0.5) is 5.82 Å². The molecule has 3 aromatic rings. The highest BCUT2D eigenvalue weighted by Crippen LogP contribution is 2.30. The highest BCUT2D eigenvalue weighted by molar-refractivity contribution is 5.72. The van der Waals surface area contributed by atoms with E-state index in [2.05, 4.69) is 15.6 Å². The van der Waals surface area contributed by atoms with Gasteiger partial charge in [-0.3, -0.25) is 4.98 Å². The number of ether oxygens (including phenoxy) is 2. The molecule has 0 spiro atoms. The van der Waals surface area contributed by atoms with E-state index in [9.17, 15) is 5.11 Å². The molecule has 2 atom stereocenters. The molecule has 1 fully saturated rings. The van der Waals surface area contributed by atoms with Gasteiger partial charge in [0.1, 0.15) is 24.3 Å². The van der Waals surface area contributed by atoms with Gasteiger partial charge < -0.3 is 25.2 Å². The zero-order chi connectivity index (χ0) is 22.3. The summed E-state index contributed by atoms with van der Waals surface area (Å²) in [7, 11) is 1.79. The number of benzene rings is 1. The highest BCUT2D eigenvalue weighted by Gasteiger charge is 2.20. The number of pyridine rings is 1. The van der Waals surface area contributed by atoms with Crippen LogP contribution in [0.25, 0.3) is 22.6 Å². The Hall–Kier alpha value is -3.07. The van der Waals surface area contributed by atoms with E-state index < -0.39 is 6.10 Å². The molecule has 0 aliphatic carbocycles. The predicted molar refractivity (Wildman–Crippen MR) is 124 cm³/mol. The second kappa shape index (κ2) is 10.5. The number of nitrogens with one attached hydrogen (secondary N) is 2. The molecule has 1 aliphatic rings. The predicted octanol–water partition coefficient (Wildman–Crippen LogP) is 2.67. The van der Waals surface area contributed by atoms with Crippen molar-refractivity contribution in [3.8, 4) is 28.4 Å². The van der Waals surface area contributed by atoms with Gasteiger partial charge in [0, 0.05) is 42.2 Å². The second-order valence-electron chi connectivity index (χ2n) is 7.86. The summed E-state index contributed by atoms with van der Waals surface area (Å²) in [6, 6.07) is 11.8. The van der Waals surface area contributed by atoms with Crippen LogP contribution in [0.3, 0.4) is 0 Å². The minimum absolute atomic E-state index is 0.204. The molecule has 1 aliphatic heterocycles. The Bertz CT molecular complexity index is 1030. The molecule has 0 bridgehead atoms. The van der Waals surface area contributed by atoms with Crippen molar-refractivity contribution >= 4 is 5.82 Å². The van der Waals surface area contributed by atoms with E-state index in [1.54, 1.807) is 19.4 Å². The Morgan fingerprint density at radius 3 is 2.78 bits per heavy atom. The SMILES string of the molecule is CNCC(O)COc1cccc(-c2nc(NC3CCOC3)c(C)c(-c3ccncc3)n2)c1. The topological polar surface area (TPSA) is 101 Å². The third-order valence-electron chi connectivity index (χ3n) is 5.34. The lowest BCUT2D eigenvalue weighted by atomic mass is 10.1. The molecule has 2 aromatic heterocycles. The van der Waals surface area contributed by atoms with E-state index >= 15 is 0 Å². The fraction of sp³-hybridized carbons (Fsp3) is 0.375. The Morgan fingerprint density at radius 1 is 1.19 bits per heavy atom. The zero-order valence-corrected chi connectivity index (χ0v) is 18.4. The van der Waals surface area contributed by atoms with Crippen LogP contribution in [0.15, 0.2) is 48.8 Å². The fourth-order valence-corrected chi connectivity index (χ4v) is 3.63. The Morgan fingerprint density at radius 2 is 2.03 bits per heavy atom. The summed E-state index contributed by atoms with van der Waals surface area (Å²) in [5.74, 6) is 2.06. The van der Waals surface area contributed by atoms with Crippen molar-refractivity contribution in [2.45, 2.75) is 25.5 Å². The standard InChI is InChI=1S/C24H29N5O3/c1-16-22(17-6-9-26-10-7-17)28-24(29-23(16)27-19-8-11-31-14-19)18-4-3-5-21(12-18)32-15-20(30)13-25-2/h3-7,9-10,12,19-20,25,30H,8,11,13-15H2,1-2H3,(H,27,28,29). The first-order valence-electron chi connectivity index (χ1n) is 10.8. The molecule has 32 heavy (non-hydrogen) atoms. The van der Waals surface area contributed by atoms with E-state index in [1.165, 1.54) is 0 Å². The molecule has 0 saturated carbocycles. The number of anilines is 1. The van der Waals surface area contributed by atoms with Gasteiger partial charge in [-0.1, -0.05) is 12.1 Å². The first-order valence-corrected chi connectivity index (χ1v) is 10.8. The van der Waals surface area contributed by atoms with E-state index in [4.69, 9.17) is 19.4 Å². The lowest BCUT2D eigenvalue weighted by Crippen LogP contribution is -2.29. The molecule has 4 rings (SSSR count). The Kier molecular flexibility index (Phi) is 7.26. The minimum Gasteiger partial charge on any atom is -0.491 e. The normalized spacial score (nSPS) is 16.7. The van der Waals surface area contributed by atoms with E-state index in [-0.39, 0.29) is 12.6 Å². The van der Waals surface area contributed by atoms with Gasteiger partial charge in [0.05, 0.1) is 18.3 Å². The number of aliphatic hydroxyl groups excluding tert-OH is 1. The van der Waals surface area contributed by atoms with E-state index in [1.807, 2.05) is 43.3 Å². The first-order chi connectivity index (χ1) is 15.6. The van der Waals surface area contributed by atoms with E-state index in [0.717, 1.165) is 41.2 Å². The molecule has 3 N–H and O–H groups in total. The van der Waals surface area contributed by atoms with Gasteiger partial charge in [-0.25, -0.2) is 9.97 Å². The smallest absolute Gasteiger partial charge is 0.162 e. The lowest BCUT2D eigenvalue weighted by Gasteiger charge is -2.18. The third-order valence-corrected chi connectivity index (χ3v) is 5.34. The number of likely N-dealkylation sites (N-methyl/N-ethyl adjacent to an activating group) is 1. The number of nitrogens with zero attached hydrogens (tertiary/aromatic N) is 3. The molecule has 168 valence electrons. The first kappa shape index (κ1) is 22.1. The number of aliphatic hydroxyl groups is 1. The maximum Gasteiger partial charge on any atom is 0.162 e. The van der Waals surface area contributed by atoms with Crippen molar-refractivity contribution in [1.82, 2.24) is 20.3 Å². The maximum atomic E-state index is 9.93. The maximum absolute atomic E-state index is 9.93. The molecule has 0 radical (unpaired) electrons. The molecule has 1 saturated heterocycles. The Labute approximate surface area is 188 Å². The van der Waals surface area contributed by atoms with Crippen molar-refractivity contribution in [3.05, 3.63) is 54.4 Å². The second-order valence-corrected chi connectivity index (χ2v) is 7.86. The quantitative estimate of drug-likeness (QED) is 0.472. The lowest BCUT2D eigenvalue weighted by molar-refractivity contribution is 0.108. The van der Waals surface area contributed by atoms with Crippen LogP contribution in [0.2, 0.25) is 0 Å². The highest BCUT2D eigenvalue weighted by atomic mass is 16.5. The average Bonchev–Trinajstić information content (AvgIpc) is 3.33. The third kappa shape index (κ3) is 5.40. The number of aromatic nitrogens is 3. The number of hydrogen-bond acceptors (Lipinski definition) is 8. The molecular formula is C24H29N5O3. The largest absolute Gasteiger partial charge is 0.491 e. The molecule has 0 amide bonds. The van der Waals surface area contributed by atoms with Gasteiger partial charge in [-0.05, 0) is 44.7 Å². The number of rotatable bonds is 9. The summed E-state index contributed by atoms with van der Waals surface area (Å²) in [6.07, 6.45) is 3.89. The summed E-state index contributed by atoms with van der Waals surface area (Å²) in [5.41, 5.74) is 3.66. The van der Waals surface area contributed by atoms with Crippen LogP contribution < -0.4 is 15.4 Å². The van der Waals surface area contributed by atoms with Gasteiger partial charge in [0.2, 0.25) is 0 Å². The van der Waals surface area contributed by atoms with Crippen molar-refractivity contribution in [2.75, 3.05) is 38.7 Å². The molecule has 1 aromatic carbocycles. The van der Waals surface area contributed by atoms with Crippen molar-refractivity contribution < 1.29 is 14.6 Å². The molecule has 2 unspecified atom stereocenters. The van der Waals surface area contributed by atoms with Crippen molar-refractivity contribution in [1.29, 1.82) is 0 Å². The summed E-state index contributed by atoms with van der Waals surface area (Å²) in [6.45, 7) is 4.12. The van der Waals surface area contributed by atoms with E-state index in [0.29, 0.717) is 24.7 Å². The molecule has 3 heterocycles. The van der Waals surface area contributed by atoms with Crippen LogP contribution in [-0.2, 0) is 4.74 Å². The number of hydrogen-bond donors (Lipinski definition) is 3. The fourth-order valence-electron chi connectivity index (χ4n) is 3.63. The summed E-state index contributed by atoms with van der Waals surface area (Å²) in [4.78, 5) is 13.9. The van der Waals surface area contributed by atoms with Crippen LogP contribution in [0.5, 0.6) is 5.75 Å². The van der Waals surface area contributed by atoms with Gasteiger partial charge in [0.25, 0.3) is 0 Å². The van der Waals surface area contributed by atoms with Crippen LogP contribution in [0.1, 0.15) is 12.0 Å². The van der Waals surface area contributed by atoms with Crippen LogP contribution >= 0.6 is 0 Å². The Balaban J connectivity index is 1.67. The molecule has 8 nitrogen and oxygen atoms in total. The van der Waals surface area contributed by atoms with Crippen molar-refractivity contribution in [3.63, 3.8) is 0 Å². The average molecular weight is 436 g/mol. The van der Waals surface area contributed by atoms with Crippen LogP contribution in [-0.4, -0.2) is 65.6 Å². The monoisotopic (exact) mass is 435 g/mol. The molecular weight excluding hydrogens is 406 g/mol.